The first-order chi connectivity index (χ1) is 9.29. The predicted octanol–water partition coefficient (Wildman–Crippen LogP) is 4.29. The Morgan fingerprint density at radius 2 is 1.75 bits per heavy atom. The maximum atomic E-state index is 13.6. The maximum absolute atomic E-state index is 13.6. The summed E-state index contributed by atoms with van der Waals surface area (Å²) in [5, 5.41) is 0. The van der Waals surface area contributed by atoms with Crippen molar-refractivity contribution >= 4 is 47.6 Å². The van der Waals surface area contributed by atoms with Gasteiger partial charge in [0.05, 0.1) is 10.6 Å². The molecule has 0 aliphatic rings. The predicted molar refractivity (Wildman–Crippen MR) is 79.0 cm³/mol. The molecule has 0 aromatic heterocycles. The summed E-state index contributed by atoms with van der Waals surface area (Å²) < 4.78 is 53.5. The molecular weight excluding hydrogens is 420 g/mol. The number of hydrogen-bond acceptors (Lipinski definition) is 2. The molecule has 0 radical (unpaired) electrons. The van der Waals surface area contributed by atoms with Crippen LogP contribution in [-0.2, 0) is 10.0 Å². The van der Waals surface area contributed by atoms with Gasteiger partial charge in [-0.05, 0) is 40.2 Å². The molecule has 0 aliphatic heterocycles. The van der Waals surface area contributed by atoms with Gasteiger partial charge < -0.3 is 0 Å². The fourth-order valence-electron chi connectivity index (χ4n) is 1.47. The largest absolute Gasteiger partial charge is 0.275 e. The molecule has 0 spiro atoms. The summed E-state index contributed by atoms with van der Waals surface area (Å²) in [5.74, 6) is -1.81. The summed E-state index contributed by atoms with van der Waals surface area (Å²) in [6, 6.07) is 7.51. The summed E-state index contributed by atoms with van der Waals surface area (Å²) in [6.07, 6.45) is 0. The smallest absolute Gasteiger partial charge is 0.262 e. The zero-order chi connectivity index (χ0) is 14.9. The second kappa shape index (κ2) is 5.79. The minimum Gasteiger partial charge on any atom is -0.275 e. The first kappa shape index (κ1) is 15.4. The monoisotopic (exact) mass is 425 g/mol. The fraction of sp³-hybridized carbons (Fsp3) is 0. The van der Waals surface area contributed by atoms with Gasteiger partial charge in [-0.2, -0.15) is 0 Å². The van der Waals surface area contributed by atoms with Gasteiger partial charge in [-0.15, -0.1) is 0 Å². The van der Waals surface area contributed by atoms with Crippen molar-refractivity contribution in [1.29, 1.82) is 0 Å². The number of nitrogens with one attached hydrogen (secondary N) is 1. The quantitative estimate of drug-likeness (QED) is 0.795. The Balaban J connectivity index is 2.44. The van der Waals surface area contributed by atoms with Crippen molar-refractivity contribution in [2.75, 3.05) is 4.72 Å². The van der Waals surface area contributed by atoms with Crippen LogP contribution in [0.15, 0.2) is 50.2 Å². The van der Waals surface area contributed by atoms with Gasteiger partial charge in [-0.3, -0.25) is 4.72 Å². The van der Waals surface area contributed by atoms with Crippen molar-refractivity contribution in [3.63, 3.8) is 0 Å². The van der Waals surface area contributed by atoms with Crippen LogP contribution < -0.4 is 4.72 Å². The number of anilines is 1. The van der Waals surface area contributed by atoms with E-state index in [0.717, 1.165) is 6.07 Å². The Bertz CT molecular complexity index is 743. The van der Waals surface area contributed by atoms with Crippen LogP contribution in [-0.4, -0.2) is 8.42 Å². The van der Waals surface area contributed by atoms with E-state index in [-0.39, 0.29) is 15.1 Å². The third-order valence-electron chi connectivity index (χ3n) is 2.35. The van der Waals surface area contributed by atoms with Gasteiger partial charge in [0.1, 0.15) is 5.82 Å². The zero-order valence-electron chi connectivity index (χ0n) is 9.70. The molecule has 1 N–H and O–H groups in total. The van der Waals surface area contributed by atoms with E-state index in [0.29, 0.717) is 10.5 Å². The molecule has 0 aliphatic carbocycles. The molecule has 0 unspecified atom stereocenters. The number of halogens is 4. The second-order valence-electron chi connectivity index (χ2n) is 3.81. The van der Waals surface area contributed by atoms with E-state index in [2.05, 4.69) is 36.6 Å². The van der Waals surface area contributed by atoms with Crippen molar-refractivity contribution in [2.24, 2.45) is 0 Å². The highest BCUT2D eigenvalue weighted by atomic mass is 79.9. The topological polar surface area (TPSA) is 46.2 Å². The summed E-state index contributed by atoms with van der Waals surface area (Å²) >= 11 is 6.07. The van der Waals surface area contributed by atoms with Crippen LogP contribution in [0.4, 0.5) is 14.5 Å². The van der Waals surface area contributed by atoms with Gasteiger partial charge in [0.25, 0.3) is 10.0 Å². The van der Waals surface area contributed by atoms with Crippen LogP contribution in [0.5, 0.6) is 0 Å². The highest BCUT2D eigenvalue weighted by Gasteiger charge is 2.19. The minimum atomic E-state index is -3.97. The van der Waals surface area contributed by atoms with Crippen molar-refractivity contribution in [1.82, 2.24) is 0 Å². The molecule has 0 saturated heterocycles. The molecule has 0 bridgehead atoms. The van der Waals surface area contributed by atoms with Crippen molar-refractivity contribution in [3.05, 3.63) is 57.0 Å². The molecule has 8 heteroatoms. The van der Waals surface area contributed by atoms with E-state index >= 15 is 0 Å². The maximum Gasteiger partial charge on any atom is 0.262 e. The normalized spacial score (nSPS) is 11.4. The summed E-state index contributed by atoms with van der Waals surface area (Å²) in [5.41, 5.74) is -0.341. The summed E-state index contributed by atoms with van der Waals surface area (Å²) in [7, 11) is -3.97. The molecule has 0 fully saturated rings. The van der Waals surface area contributed by atoms with Crippen LogP contribution in [0, 0.1) is 11.6 Å². The highest BCUT2D eigenvalue weighted by molar-refractivity contribution is 9.10. The van der Waals surface area contributed by atoms with Crippen LogP contribution in [0.2, 0.25) is 0 Å². The first-order valence-corrected chi connectivity index (χ1v) is 8.29. The van der Waals surface area contributed by atoms with E-state index in [4.69, 9.17) is 0 Å². The van der Waals surface area contributed by atoms with Crippen LogP contribution in [0.25, 0.3) is 0 Å². The molecule has 20 heavy (non-hydrogen) atoms. The lowest BCUT2D eigenvalue weighted by atomic mass is 10.3. The number of sulfonamides is 1. The average molecular weight is 427 g/mol. The van der Waals surface area contributed by atoms with Gasteiger partial charge in [-0.25, -0.2) is 17.2 Å². The van der Waals surface area contributed by atoms with Crippen molar-refractivity contribution in [2.45, 2.75) is 4.90 Å². The van der Waals surface area contributed by atoms with Gasteiger partial charge in [0.15, 0.2) is 5.82 Å². The number of benzene rings is 2. The third-order valence-corrected chi connectivity index (χ3v) is 4.82. The van der Waals surface area contributed by atoms with E-state index < -0.39 is 21.7 Å². The molecule has 0 atom stereocenters. The lowest BCUT2D eigenvalue weighted by Crippen LogP contribution is -2.14. The Labute approximate surface area is 131 Å². The van der Waals surface area contributed by atoms with E-state index in [1.807, 2.05) is 0 Å². The molecule has 3 nitrogen and oxygen atoms in total. The SMILES string of the molecule is O=S(=O)(Nc1c(F)cc(F)cc1Br)c1cccc(Br)c1. The van der Waals surface area contributed by atoms with Gasteiger partial charge in [0.2, 0.25) is 0 Å². The fourth-order valence-corrected chi connectivity index (χ4v) is 3.79. The Morgan fingerprint density at radius 1 is 1.05 bits per heavy atom. The van der Waals surface area contributed by atoms with Crippen LogP contribution in [0.1, 0.15) is 0 Å². The van der Waals surface area contributed by atoms with Crippen LogP contribution in [0.3, 0.4) is 0 Å². The third kappa shape index (κ3) is 3.36. The molecule has 2 rings (SSSR count). The summed E-state index contributed by atoms with van der Waals surface area (Å²) in [4.78, 5) is -0.0394. The molecule has 0 heterocycles. The second-order valence-corrected chi connectivity index (χ2v) is 7.26. The lowest BCUT2D eigenvalue weighted by molar-refractivity contribution is 0.581. The van der Waals surface area contributed by atoms with Crippen LogP contribution >= 0.6 is 31.9 Å². The van der Waals surface area contributed by atoms with E-state index in [1.165, 1.54) is 18.2 Å². The Kier molecular flexibility index (Phi) is 4.46. The zero-order valence-corrected chi connectivity index (χ0v) is 13.7. The summed E-state index contributed by atoms with van der Waals surface area (Å²) in [6.45, 7) is 0. The number of rotatable bonds is 3. The van der Waals surface area contributed by atoms with Gasteiger partial charge in [-0.1, -0.05) is 22.0 Å². The van der Waals surface area contributed by atoms with Crippen molar-refractivity contribution in [3.8, 4) is 0 Å². The minimum absolute atomic E-state index is 0.0198. The lowest BCUT2D eigenvalue weighted by Gasteiger charge is -2.11. The first-order valence-electron chi connectivity index (χ1n) is 5.22. The van der Waals surface area contributed by atoms with E-state index in [1.54, 1.807) is 6.07 Å². The van der Waals surface area contributed by atoms with Gasteiger partial charge in [0, 0.05) is 15.0 Å². The van der Waals surface area contributed by atoms with Gasteiger partial charge >= 0.3 is 0 Å². The highest BCUT2D eigenvalue weighted by Crippen LogP contribution is 2.29. The Hall–Kier alpha value is -0.990. The molecule has 2 aromatic rings. The molecule has 0 saturated carbocycles. The molecule has 0 amide bonds. The molecule has 106 valence electrons. The molecule has 2 aromatic carbocycles. The van der Waals surface area contributed by atoms with E-state index in [9.17, 15) is 17.2 Å². The van der Waals surface area contributed by atoms with Crippen molar-refractivity contribution < 1.29 is 17.2 Å². The molecular formula is C12H7Br2F2NO2S. The standard InChI is InChI=1S/C12H7Br2F2NO2S/c13-7-2-1-3-9(4-7)20(18,19)17-12-10(14)5-8(15)6-11(12)16/h1-6,17H. The average Bonchev–Trinajstić information content (AvgIpc) is 2.34. The number of hydrogen-bond donors (Lipinski definition) is 1. The Morgan fingerprint density at radius 3 is 2.35 bits per heavy atom.